The maximum atomic E-state index is 14.6. The lowest BCUT2D eigenvalue weighted by molar-refractivity contribution is -0.145. The predicted molar refractivity (Wildman–Crippen MR) is 259 cm³/mol. The molecule has 0 aromatic heterocycles. The van der Waals surface area contributed by atoms with Crippen LogP contribution in [0.1, 0.15) is 110 Å². The van der Waals surface area contributed by atoms with Gasteiger partial charge >= 0.3 is 5.97 Å². The number of nitrogens with zero attached hydrogens (tertiary/aromatic N) is 1. The summed E-state index contributed by atoms with van der Waals surface area (Å²) in [6.07, 6.45) is 2.75. The van der Waals surface area contributed by atoms with Crippen LogP contribution in [0.3, 0.4) is 0 Å². The van der Waals surface area contributed by atoms with E-state index in [9.17, 15) is 53.4 Å². The number of benzene rings is 1. The van der Waals surface area contributed by atoms with Crippen molar-refractivity contribution in [3.63, 3.8) is 0 Å². The number of amides is 8. The molecule has 1 spiro atoms. The van der Waals surface area contributed by atoms with E-state index in [-0.39, 0.29) is 44.5 Å². The Hall–Kier alpha value is -5.13. The second kappa shape index (κ2) is 27.3. The minimum absolute atomic E-state index is 0.0238. The number of carboxylic acids is 1. The van der Waals surface area contributed by atoms with Gasteiger partial charge in [-0.3, -0.25) is 38.4 Å². The molecule has 1 aromatic rings. The average molecular weight is 1010 g/mol. The molecule has 2 saturated heterocycles. The van der Waals surface area contributed by atoms with E-state index in [1.165, 1.54) is 33.4 Å². The van der Waals surface area contributed by atoms with Gasteiger partial charge in [0, 0.05) is 29.9 Å². The second-order valence-electron chi connectivity index (χ2n) is 18.1. The van der Waals surface area contributed by atoms with Gasteiger partial charge in [-0.15, -0.1) is 0 Å². The number of carbonyl (C=O) groups is 9. The first-order valence-electron chi connectivity index (χ1n) is 23.8. The first-order valence-corrected chi connectivity index (χ1v) is 26.2. The lowest BCUT2D eigenvalue weighted by atomic mass is 9.85. The van der Waals surface area contributed by atoms with E-state index in [1.54, 1.807) is 38.1 Å². The monoisotopic (exact) mass is 1010 g/mol. The molecule has 2 aliphatic heterocycles. The summed E-state index contributed by atoms with van der Waals surface area (Å²) in [5, 5.41) is 36.4. The van der Waals surface area contributed by atoms with Crippen molar-refractivity contribution in [1.82, 2.24) is 36.8 Å². The predicted octanol–water partition coefficient (Wildman–Crippen LogP) is 0.141. The van der Waals surface area contributed by atoms with E-state index in [0.29, 0.717) is 50.0 Å². The number of hydrogen-bond acceptors (Lipinski definition) is 14. The maximum Gasteiger partial charge on any atom is 0.326 e. The van der Waals surface area contributed by atoms with Gasteiger partial charge in [0.15, 0.2) is 0 Å². The molecule has 384 valence electrons. The number of aliphatic hydroxyl groups is 1. The summed E-state index contributed by atoms with van der Waals surface area (Å²) in [5.74, 6) is -7.77. The number of primary amides is 1. The first-order chi connectivity index (χ1) is 32.8. The highest BCUT2D eigenvalue weighted by Gasteiger charge is 2.43. The smallest absolute Gasteiger partial charge is 0.326 e. The van der Waals surface area contributed by atoms with Gasteiger partial charge in [-0.2, -0.15) is 0 Å². The molecule has 1 aliphatic carbocycles. The van der Waals surface area contributed by atoms with E-state index in [2.05, 4.69) is 31.9 Å². The summed E-state index contributed by atoms with van der Waals surface area (Å²) in [6.45, 7) is 7.30. The highest BCUT2D eigenvalue weighted by Crippen LogP contribution is 2.48. The van der Waals surface area contributed by atoms with Gasteiger partial charge in [0.05, 0.1) is 19.1 Å². The standard InChI is InChI=1S/C46H71N9O12S2/c1-5-26(3)37-42(62)54-38(27(4)56)43(63)51-32(23-35(48)57)39(59)52-33(44(64)55-21-11-13-34(55)41(61)50-30(45(65)66)12-10-20-47)25-68-69-46(18-8-7-9-19-46)24-36(58)49-31(40(60)53-37)22-28-14-16-29(17-15-28)67-6-2/h14-17,26-27,30-34,37-38,56H,5-13,18-25,47H2,1-4H3,(H2,48,57)(H,49,58)(H,50,61)(H,51,63)(H,52,59)(H,53,60)(H,54,62)(H,65,66)/t26-,27+,30-,31+,32-,33-,34-,37-,38-/m0/s1. The fourth-order valence-corrected chi connectivity index (χ4v) is 12.0. The summed E-state index contributed by atoms with van der Waals surface area (Å²) < 4.78 is 4.90. The molecule has 3 aliphatic rings. The number of hydrogen-bond donors (Lipinski definition) is 10. The van der Waals surface area contributed by atoms with Crippen molar-refractivity contribution >= 4 is 74.8 Å². The van der Waals surface area contributed by atoms with Gasteiger partial charge in [0.2, 0.25) is 47.3 Å². The molecule has 0 bridgehead atoms. The zero-order valence-corrected chi connectivity index (χ0v) is 41.6. The van der Waals surface area contributed by atoms with Crippen molar-refractivity contribution in [1.29, 1.82) is 0 Å². The number of carbonyl (C=O) groups excluding carboxylic acids is 8. The van der Waals surface area contributed by atoms with Gasteiger partial charge < -0.3 is 63.2 Å². The van der Waals surface area contributed by atoms with Crippen LogP contribution in [0.2, 0.25) is 0 Å². The quantitative estimate of drug-likeness (QED) is 0.0986. The number of nitrogens with one attached hydrogen (secondary N) is 6. The molecule has 1 aromatic carbocycles. The van der Waals surface area contributed by atoms with Crippen LogP contribution in [0, 0.1) is 5.92 Å². The summed E-state index contributed by atoms with van der Waals surface area (Å²) in [7, 11) is 2.57. The number of aliphatic carboxylic acids is 1. The summed E-state index contributed by atoms with van der Waals surface area (Å²) in [6, 6.07) is -2.59. The lowest BCUT2D eigenvalue weighted by Crippen LogP contribution is -2.63. The summed E-state index contributed by atoms with van der Waals surface area (Å²) >= 11 is 0. The summed E-state index contributed by atoms with van der Waals surface area (Å²) in [5.41, 5.74) is 11.8. The van der Waals surface area contributed by atoms with E-state index in [1.807, 2.05) is 6.92 Å². The van der Waals surface area contributed by atoms with Gasteiger partial charge in [0.1, 0.15) is 48.0 Å². The van der Waals surface area contributed by atoms with E-state index >= 15 is 0 Å². The number of nitrogens with two attached hydrogens (primary N) is 2. The Balaban J connectivity index is 1.76. The van der Waals surface area contributed by atoms with Gasteiger partial charge in [-0.05, 0) is 82.5 Å². The van der Waals surface area contributed by atoms with E-state index in [4.69, 9.17) is 16.2 Å². The largest absolute Gasteiger partial charge is 0.494 e. The van der Waals surface area contributed by atoms with Gasteiger partial charge in [-0.25, -0.2) is 4.79 Å². The highest BCUT2D eigenvalue weighted by molar-refractivity contribution is 8.77. The Bertz CT molecular complexity index is 1970. The van der Waals surface area contributed by atoms with Crippen molar-refractivity contribution < 1.29 is 58.1 Å². The molecule has 4 rings (SSSR count). The van der Waals surface area contributed by atoms with Crippen LogP contribution in [0.15, 0.2) is 24.3 Å². The fraction of sp³-hybridized carbons (Fsp3) is 0.674. The molecule has 2 heterocycles. The third kappa shape index (κ3) is 16.8. The van der Waals surface area contributed by atoms with Crippen LogP contribution in [-0.2, 0) is 49.6 Å². The zero-order chi connectivity index (χ0) is 50.8. The van der Waals surface area contributed by atoms with Crippen molar-refractivity contribution in [2.75, 3.05) is 25.4 Å². The molecule has 23 heteroatoms. The number of ether oxygens (including phenoxy) is 1. The minimum atomic E-state index is -1.73. The molecule has 1 saturated carbocycles. The number of carboxylic acid groups (broad SMARTS) is 1. The molecule has 9 atom stereocenters. The van der Waals surface area contributed by atoms with Crippen LogP contribution in [-0.4, -0.2) is 147 Å². The summed E-state index contributed by atoms with van der Waals surface area (Å²) in [4.78, 5) is 125. The first kappa shape index (κ1) is 56.5. The fourth-order valence-electron chi connectivity index (χ4n) is 8.66. The Morgan fingerprint density at radius 3 is 2.14 bits per heavy atom. The van der Waals surface area contributed by atoms with Crippen LogP contribution >= 0.6 is 21.6 Å². The Morgan fingerprint density at radius 2 is 1.54 bits per heavy atom. The normalized spacial score (nSPS) is 25.7. The molecule has 0 radical (unpaired) electrons. The Kier molecular flexibility index (Phi) is 22.3. The lowest BCUT2D eigenvalue weighted by Gasteiger charge is -2.37. The molecular formula is C46H71N9O12S2. The topological polar surface area (TPSA) is 331 Å². The maximum absolute atomic E-state index is 14.6. The number of likely N-dealkylation sites (tertiary alicyclic amines) is 1. The van der Waals surface area contributed by atoms with Gasteiger partial charge in [-0.1, -0.05) is 73.3 Å². The third-order valence-electron chi connectivity index (χ3n) is 12.7. The third-order valence-corrected chi connectivity index (χ3v) is 16.0. The van der Waals surface area contributed by atoms with Crippen LogP contribution in [0.25, 0.3) is 0 Å². The Morgan fingerprint density at radius 1 is 0.884 bits per heavy atom. The number of rotatable bonds is 16. The molecule has 3 fully saturated rings. The second-order valence-corrected chi connectivity index (χ2v) is 20.9. The van der Waals surface area contributed by atoms with Crippen LogP contribution in [0.5, 0.6) is 5.75 Å². The molecule has 0 unspecified atom stereocenters. The van der Waals surface area contributed by atoms with Crippen molar-refractivity contribution in [3.8, 4) is 5.75 Å². The Labute approximate surface area is 411 Å². The number of aliphatic hydroxyl groups excluding tert-OH is 1. The minimum Gasteiger partial charge on any atom is -0.494 e. The molecule has 21 nitrogen and oxygen atoms in total. The molecule has 69 heavy (non-hydrogen) atoms. The average Bonchev–Trinajstić information content (AvgIpc) is 3.80. The van der Waals surface area contributed by atoms with E-state index in [0.717, 1.165) is 19.3 Å². The SMILES string of the molecule is CCOc1ccc(C[C@H]2NC(=O)CC3(CCCCC3)SSC[C@@H](C(=O)N3CCC[C@H]3C(=O)N[C@@H](CCCN)C(=O)O)NC(=O)[C@H](CC(N)=O)NC(=O)[C@H]([C@@H](C)O)NC(=O)[C@H]([C@@H](C)CC)NC2=O)cc1. The molecule has 12 N–H and O–H groups in total. The van der Waals surface area contributed by atoms with Crippen molar-refractivity contribution in [2.24, 2.45) is 17.4 Å². The highest BCUT2D eigenvalue weighted by atomic mass is 33.1. The zero-order valence-electron chi connectivity index (χ0n) is 39.9. The molecule has 8 amide bonds. The van der Waals surface area contributed by atoms with E-state index < -0.39 is 119 Å². The van der Waals surface area contributed by atoms with Crippen LogP contribution < -0.4 is 48.1 Å². The molecular weight excluding hydrogens is 935 g/mol. The van der Waals surface area contributed by atoms with Crippen molar-refractivity contribution in [3.05, 3.63) is 29.8 Å². The van der Waals surface area contributed by atoms with Crippen molar-refractivity contribution in [2.45, 2.75) is 164 Å². The van der Waals surface area contributed by atoms with Crippen LogP contribution in [0.4, 0.5) is 0 Å². The van der Waals surface area contributed by atoms with Gasteiger partial charge in [0.25, 0.3) is 0 Å².